The van der Waals surface area contributed by atoms with Crippen molar-refractivity contribution in [3.8, 4) is 5.75 Å². The molecule has 2 atom stereocenters. The zero-order chi connectivity index (χ0) is 25.5. The summed E-state index contributed by atoms with van der Waals surface area (Å²) in [6.45, 7) is 4.05. The number of benzene rings is 2. The van der Waals surface area contributed by atoms with E-state index < -0.39 is 11.9 Å². The van der Waals surface area contributed by atoms with Crippen LogP contribution in [0, 0.1) is 0 Å². The topological polar surface area (TPSA) is 74.3 Å². The van der Waals surface area contributed by atoms with Crippen LogP contribution in [0.2, 0.25) is 5.02 Å². The van der Waals surface area contributed by atoms with E-state index in [1.165, 1.54) is 0 Å². The van der Waals surface area contributed by atoms with Gasteiger partial charge in [-0.3, -0.25) is 4.79 Å². The molecule has 0 spiro atoms. The summed E-state index contributed by atoms with van der Waals surface area (Å²) in [5.74, 6) is -0.139. The summed E-state index contributed by atoms with van der Waals surface area (Å²) in [6, 6.07) is 14.7. The first-order chi connectivity index (χ1) is 17.5. The van der Waals surface area contributed by atoms with E-state index in [1.807, 2.05) is 43.3 Å². The first-order valence-electron chi connectivity index (χ1n) is 12.2. The van der Waals surface area contributed by atoms with Crippen molar-refractivity contribution in [1.82, 2.24) is 4.90 Å². The van der Waals surface area contributed by atoms with Crippen LogP contribution in [0.25, 0.3) is 0 Å². The number of esters is 1. The molecule has 0 bridgehead atoms. The van der Waals surface area contributed by atoms with Gasteiger partial charge in [0.1, 0.15) is 19.0 Å². The minimum Gasteiger partial charge on any atom is -0.491 e. The van der Waals surface area contributed by atoms with Gasteiger partial charge in [0.05, 0.1) is 24.8 Å². The smallest absolute Gasteiger partial charge is 0.336 e. The Morgan fingerprint density at radius 2 is 1.86 bits per heavy atom. The maximum atomic E-state index is 13.4. The number of ether oxygens (including phenoxy) is 4. The molecule has 2 aliphatic rings. The van der Waals surface area contributed by atoms with Crippen molar-refractivity contribution in [3.63, 3.8) is 0 Å². The summed E-state index contributed by atoms with van der Waals surface area (Å²) in [5.41, 5.74) is 2.81. The van der Waals surface area contributed by atoms with Crippen LogP contribution in [0.1, 0.15) is 43.2 Å². The summed E-state index contributed by atoms with van der Waals surface area (Å²) in [4.78, 5) is 28.3. The first kappa shape index (κ1) is 26.2. The highest BCUT2D eigenvalue weighted by atomic mass is 35.5. The van der Waals surface area contributed by atoms with Crippen LogP contribution in [-0.4, -0.2) is 56.4 Å². The molecule has 1 fully saturated rings. The molecule has 0 aliphatic carbocycles. The van der Waals surface area contributed by atoms with Gasteiger partial charge < -0.3 is 23.8 Å². The second-order valence-electron chi connectivity index (χ2n) is 9.01. The molecule has 0 saturated carbocycles. The fourth-order valence-corrected chi connectivity index (χ4v) is 4.75. The summed E-state index contributed by atoms with van der Waals surface area (Å²) in [6.07, 6.45) is 2.05. The second-order valence-corrected chi connectivity index (χ2v) is 9.44. The fourth-order valence-electron chi connectivity index (χ4n) is 4.62. The summed E-state index contributed by atoms with van der Waals surface area (Å²) >= 11 is 6.08. The van der Waals surface area contributed by atoms with E-state index in [2.05, 4.69) is 0 Å². The van der Waals surface area contributed by atoms with E-state index >= 15 is 0 Å². The number of carbonyl (C=O) groups excluding carboxylic acids is 2. The molecule has 1 amide bonds. The monoisotopic (exact) mass is 513 g/mol. The molecule has 0 N–H and O–H groups in total. The average molecular weight is 514 g/mol. The lowest BCUT2D eigenvalue weighted by Gasteiger charge is -2.35. The lowest BCUT2D eigenvalue weighted by Crippen LogP contribution is -2.42. The molecule has 0 unspecified atom stereocenters. The molecule has 0 radical (unpaired) electrons. The first-order valence-corrected chi connectivity index (χ1v) is 12.6. The Kier molecular flexibility index (Phi) is 9.02. The maximum absolute atomic E-state index is 13.4. The quantitative estimate of drug-likeness (QED) is 0.333. The normalized spacial score (nSPS) is 20.1. The largest absolute Gasteiger partial charge is 0.491 e. The third kappa shape index (κ3) is 6.46. The Balaban J connectivity index is 1.52. The summed E-state index contributed by atoms with van der Waals surface area (Å²) < 4.78 is 22.1. The third-order valence-corrected chi connectivity index (χ3v) is 6.83. The van der Waals surface area contributed by atoms with Crippen molar-refractivity contribution in [2.45, 2.75) is 44.8 Å². The van der Waals surface area contributed by atoms with E-state index in [0.717, 1.165) is 29.7 Å². The molecule has 192 valence electrons. The van der Waals surface area contributed by atoms with Crippen LogP contribution in [0.15, 0.2) is 59.8 Å². The van der Waals surface area contributed by atoms with Gasteiger partial charge in [-0.15, -0.1) is 0 Å². The van der Waals surface area contributed by atoms with Gasteiger partial charge in [0.15, 0.2) is 0 Å². The number of allylic oxidation sites excluding steroid dienone is 1. The molecule has 4 rings (SSSR count). The van der Waals surface area contributed by atoms with Gasteiger partial charge in [0, 0.05) is 36.8 Å². The molecule has 1 saturated heterocycles. The van der Waals surface area contributed by atoms with Gasteiger partial charge >= 0.3 is 5.97 Å². The van der Waals surface area contributed by atoms with Crippen molar-refractivity contribution in [2.75, 3.05) is 33.5 Å². The Morgan fingerprint density at radius 1 is 1.11 bits per heavy atom. The molecular weight excluding hydrogens is 482 g/mol. The second kappa shape index (κ2) is 12.4. The van der Waals surface area contributed by atoms with Crippen LogP contribution in [0.5, 0.6) is 5.75 Å². The van der Waals surface area contributed by atoms with Gasteiger partial charge in [0.2, 0.25) is 5.91 Å². The number of rotatable bonds is 10. The van der Waals surface area contributed by atoms with Crippen LogP contribution in [0.3, 0.4) is 0 Å². The molecule has 2 heterocycles. The number of hydrogen-bond acceptors (Lipinski definition) is 6. The van der Waals surface area contributed by atoms with Crippen molar-refractivity contribution in [2.24, 2.45) is 0 Å². The predicted octanol–water partition coefficient (Wildman–Crippen LogP) is 4.88. The predicted molar refractivity (Wildman–Crippen MR) is 136 cm³/mol. The average Bonchev–Trinajstić information content (AvgIpc) is 3.39. The minimum atomic E-state index is -0.433. The van der Waals surface area contributed by atoms with Crippen LogP contribution in [0.4, 0.5) is 0 Å². The van der Waals surface area contributed by atoms with Gasteiger partial charge in [0.25, 0.3) is 0 Å². The van der Waals surface area contributed by atoms with Crippen molar-refractivity contribution in [3.05, 3.63) is 76.0 Å². The molecule has 8 heteroatoms. The van der Waals surface area contributed by atoms with Crippen LogP contribution >= 0.6 is 11.6 Å². The van der Waals surface area contributed by atoms with Gasteiger partial charge in [-0.05, 0) is 55.2 Å². The van der Waals surface area contributed by atoms with E-state index in [-0.39, 0.29) is 25.0 Å². The number of methoxy groups -OCH3 is 1. The highest BCUT2D eigenvalue weighted by Crippen LogP contribution is 2.38. The van der Waals surface area contributed by atoms with Crippen molar-refractivity contribution < 1.29 is 28.5 Å². The van der Waals surface area contributed by atoms with E-state index in [0.29, 0.717) is 42.7 Å². The molecule has 0 aromatic heterocycles. The Hall–Kier alpha value is -2.87. The number of halogens is 1. The molecule has 36 heavy (non-hydrogen) atoms. The van der Waals surface area contributed by atoms with Crippen molar-refractivity contribution in [1.29, 1.82) is 0 Å². The molecule has 2 aromatic carbocycles. The van der Waals surface area contributed by atoms with Gasteiger partial charge in [-0.2, -0.15) is 0 Å². The number of amides is 1. The highest BCUT2D eigenvalue weighted by molar-refractivity contribution is 6.30. The zero-order valence-electron chi connectivity index (χ0n) is 20.7. The van der Waals surface area contributed by atoms with Gasteiger partial charge in [-0.25, -0.2) is 4.79 Å². The Bertz CT molecular complexity index is 1080. The number of carbonyl (C=O) groups is 2. The molecule has 7 nitrogen and oxygen atoms in total. The fraction of sp³-hybridized carbons (Fsp3) is 0.429. The van der Waals surface area contributed by atoms with Crippen LogP contribution < -0.4 is 4.74 Å². The molecule has 2 aromatic rings. The van der Waals surface area contributed by atoms with E-state index in [9.17, 15) is 9.59 Å². The Labute approximate surface area is 216 Å². The van der Waals surface area contributed by atoms with Gasteiger partial charge in [-0.1, -0.05) is 35.9 Å². The Morgan fingerprint density at radius 3 is 2.53 bits per heavy atom. The molecular formula is C28H32ClNO6. The van der Waals surface area contributed by atoms with Crippen LogP contribution in [-0.2, 0) is 30.4 Å². The van der Waals surface area contributed by atoms with E-state index in [4.69, 9.17) is 30.5 Å². The highest BCUT2D eigenvalue weighted by Gasteiger charge is 2.38. The zero-order valence-corrected chi connectivity index (χ0v) is 21.5. The maximum Gasteiger partial charge on any atom is 0.336 e. The minimum absolute atomic E-state index is 0.0159. The van der Waals surface area contributed by atoms with Crippen molar-refractivity contribution >= 4 is 23.5 Å². The lowest BCUT2D eigenvalue weighted by atomic mass is 9.83. The summed E-state index contributed by atoms with van der Waals surface area (Å²) in [5, 5.41) is 0.598. The standard InChI is InChI=1S/C28H32ClNO6/c1-19-27(28(32)36-18-20-5-11-23(12-6-20)35-15-14-33-2)25(21-7-9-22(29)10-8-21)16-26(31)30(19)17-24-4-3-13-34-24/h5-12,24-25H,3-4,13-18H2,1-2H3/t24-,25+/m0/s1. The summed E-state index contributed by atoms with van der Waals surface area (Å²) in [7, 11) is 1.62. The number of nitrogens with zero attached hydrogens (tertiary/aromatic N) is 1. The molecule has 2 aliphatic heterocycles. The third-order valence-electron chi connectivity index (χ3n) is 6.57. The lowest BCUT2D eigenvalue weighted by molar-refractivity contribution is -0.141. The van der Waals surface area contributed by atoms with E-state index in [1.54, 1.807) is 24.1 Å². The number of hydrogen-bond donors (Lipinski definition) is 0. The SMILES string of the molecule is COCCOc1ccc(COC(=O)C2=C(C)N(C[C@@H]3CCCO3)C(=O)C[C@@H]2c2ccc(Cl)cc2)cc1.